The Morgan fingerprint density at radius 1 is 1.36 bits per heavy atom. The van der Waals surface area contributed by atoms with Crippen LogP contribution in [0.1, 0.15) is 49.3 Å². The lowest BCUT2D eigenvalue weighted by atomic mass is 9.82. The summed E-state index contributed by atoms with van der Waals surface area (Å²) in [5.74, 6) is 0.238. The maximum Gasteiger partial charge on any atom is 0.330 e. The van der Waals surface area contributed by atoms with Gasteiger partial charge in [-0.05, 0) is 35.6 Å². The predicted molar refractivity (Wildman–Crippen MR) is 80.7 cm³/mol. The average Bonchev–Trinajstić information content (AvgIpc) is 2.90. The van der Waals surface area contributed by atoms with E-state index in [2.05, 4.69) is 5.32 Å². The predicted octanol–water partition coefficient (Wildman–Crippen LogP) is 2.44. The summed E-state index contributed by atoms with van der Waals surface area (Å²) in [5.41, 5.74) is 1.61. The van der Waals surface area contributed by atoms with E-state index >= 15 is 0 Å². The van der Waals surface area contributed by atoms with Crippen LogP contribution >= 0.6 is 0 Å². The fourth-order valence-corrected chi connectivity index (χ4v) is 3.02. The lowest BCUT2D eigenvalue weighted by Crippen LogP contribution is -2.34. The lowest BCUT2D eigenvalue weighted by Gasteiger charge is -2.25. The van der Waals surface area contributed by atoms with Crippen LogP contribution in [-0.2, 0) is 16.0 Å². The molecular formula is C17H21NO4. The third-order valence-electron chi connectivity index (χ3n) is 4.60. The molecule has 0 bridgehead atoms. The Morgan fingerprint density at radius 2 is 2.18 bits per heavy atom. The summed E-state index contributed by atoms with van der Waals surface area (Å²) in [6.45, 7) is 0.629. The highest BCUT2D eigenvalue weighted by Crippen LogP contribution is 2.31. The number of carbonyl (C=O) groups is 2. The van der Waals surface area contributed by atoms with Gasteiger partial charge in [-0.2, -0.15) is 0 Å². The second kappa shape index (κ2) is 6.38. The van der Waals surface area contributed by atoms with Gasteiger partial charge in [-0.25, -0.2) is 4.79 Å². The Hall–Kier alpha value is -2.04. The summed E-state index contributed by atoms with van der Waals surface area (Å²) in [5, 5.41) is 12.1. The second-order valence-electron chi connectivity index (χ2n) is 6.14. The number of carboxylic acid groups (broad SMARTS) is 1. The van der Waals surface area contributed by atoms with E-state index < -0.39 is 12.0 Å². The molecule has 118 valence electrons. The summed E-state index contributed by atoms with van der Waals surface area (Å²) >= 11 is 0. The molecule has 5 heteroatoms. The first-order chi connectivity index (χ1) is 10.6. The van der Waals surface area contributed by atoms with Crippen LogP contribution in [0.5, 0.6) is 5.75 Å². The SMILES string of the molecule is O=C(CCC1CCC1)NC(C(=O)O)c1ccc2c(c1)CCO2. The standard InChI is InChI=1S/C17H21NO4/c19-15(7-4-11-2-1-3-11)18-16(17(20)21)13-5-6-14-12(10-13)8-9-22-14/h5-6,10-11,16H,1-4,7-9H2,(H,18,19)(H,20,21). The van der Waals surface area contributed by atoms with Crippen LogP contribution in [0.3, 0.4) is 0 Å². The van der Waals surface area contributed by atoms with Crippen molar-refractivity contribution < 1.29 is 19.4 Å². The number of carboxylic acids is 1. The van der Waals surface area contributed by atoms with Crippen molar-refractivity contribution in [3.63, 3.8) is 0 Å². The van der Waals surface area contributed by atoms with Crippen molar-refractivity contribution in [2.24, 2.45) is 5.92 Å². The minimum atomic E-state index is -1.03. The summed E-state index contributed by atoms with van der Waals surface area (Å²) in [7, 11) is 0. The van der Waals surface area contributed by atoms with Crippen LogP contribution in [0.2, 0.25) is 0 Å². The lowest BCUT2D eigenvalue weighted by molar-refractivity contribution is -0.142. The first-order valence-corrected chi connectivity index (χ1v) is 7.91. The number of hydrogen-bond acceptors (Lipinski definition) is 3. The van der Waals surface area contributed by atoms with E-state index in [1.165, 1.54) is 19.3 Å². The van der Waals surface area contributed by atoms with Crippen molar-refractivity contribution in [1.29, 1.82) is 0 Å². The first kappa shape index (κ1) is 14.9. The highest BCUT2D eigenvalue weighted by molar-refractivity contribution is 5.84. The zero-order valence-electron chi connectivity index (χ0n) is 12.5. The van der Waals surface area contributed by atoms with E-state index in [9.17, 15) is 14.7 Å². The number of ether oxygens (including phenoxy) is 1. The maximum absolute atomic E-state index is 12.0. The van der Waals surface area contributed by atoms with Gasteiger partial charge in [0.2, 0.25) is 5.91 Å². The molecule has 1 aromatic rings. The van der Waals surface area contributed by atoms with E-state index in [1.807, 2.05) is 6.07 Å². The second-order valence-corrected chi connectivity index (χ2v) is 6.14. The van der Waals surface area contributed by atoms with Crippen LogP contribution in [0, 0.1) is 5.92 Å². The van der Waals surface area contributed by atoms with Gasteiger partial charge in [0, 0.05) is 12.8 Å². The smallest absolute Gasteiger partial charge is 0.330 e. The quantitative estimate of drug-likeness (QED) is 0.846. The number of rotatable bonds is 6. The average molecular weight is 303 g/mol. The number of aliphatic carboxylic acids is 1. The molecule has 1 saturated carbocycles. The zero-order chi connectivity index (χ0) is 15.5. The monoisotopic (exact) mass is 303 g/mol. The van der Waals surface area contributed by atoms with E-state index in [1.54, 1.807) is 12.1 Å². The summed E-state index contributed by atoms with van der Waals surface area (Å²) in [6.07, 6.45) is 5.69. The van der Waals surface area contributed by atoms with Crippen molar-refractivity contribution in [2.45, 2.75) is 44.6 Å². The maximum atomic E-state index is 12.0. The number of amides is 1. The molecule has 22 heavy (non-hydrogen) atoms. The van der Waals surface area contributed by atoms with Crippen molar-refractivity contribution >= 4 is 11.9 Å². The number of nitrogens with one attached hydrogen (secondary N) is 1. The highest BCUT2D eigenvalue weighted by atomic mass is 16.5. The Morgan fingerprint density at radius 3 is 2.86 bits per heavy atom. The molecule has 3 rings (SSSR count). The Balaban J connectivity index is 1.64. The minimum absolute atomic E-state index is 0.184. The van der Waals surface area contributed by atoms with Crippen LogP contribution < -0.4 is 10.1 Å². The molecule has 0 aromatic heterocycles. The minimum Gasteiger partial charge on any atom is -0.493 e. The Labute approximate surface area is 129 Å². The first-order valence-electron chi connectivity index (χ1n) is 7.91. The van der Waals surface area contributed by atoms with Gasteiger partial charge in [0.05, 0.1) is 6.61 Å². The van der Waals surface area contributed by atoms with Gasteiger partial charge in [0.15, 0.2) is 6.04 Å². The third-order valence-corrected chi connectivity index (χ3v) is 4.60. The fraction of sp³-hybridized carbons (Fsp3) is 0.529. The van der Waals surface area contributed by atoms with Gasteiger partial charge in [0.25, 0.3) is 0 Å². The van der Waals surface area contributed by atoms with Crippen molar-refractivity contribution in [1.82, 2.24) is 5.32 Å². The molecule has 1 heterocycles. The number of benzene rings is 1. The molecule has 0 saturated heterocycles. The molecule has 0 radical (unpaired) electrons. The molecule has 2 N–H and O–H groups in total. The van der Waals surface area contributed by atoms with Crippen LogP contribution in [0.15, 0.2) is 18.2 Å². The number of carbonyl (C=O) groups excluding carboxylic acids is 1. The van der Waals surface area contributed by atoms with Gasteiger partial charge in [0.1, 0.15) is 5.75 Å². The molecular weight excluding hydrogens is 282 g/mol. The molecule has 1 unspecified atom stereocenters. The molecule has 1 amide bonds. The van der Waals surface area contributed by atoms with Gasteiger partial charge in [-0.3, -0.25) is 4.79 Å². The normalized spacial score (nSPS) is 18.0. The molecule has 1 aliphatic carbocycles. The van der Waals surface area contributed by atoms with Crippen molar-refractivity contribution in [3.05, 3.63) is 29.3 Å². The third kappa shape index (κ3) is 3.24. The molecule has 2 aliphatic rings. The zero-order valence-corrected chi connectivity index (χ0v) is 12.5. The van der Waals surface area contributed by atoms with Gasteiger partial charge >= 0.3 is 5.97 Å². The molecule has 1 aliphatic heterocycles. The Kier molecular flexibility index (Phi) is 4.32. The van der Waals surface area contributed by atoms with E-state index in [0.29, 0.717) is 24.5 Å². The van der Waals surface area contributed by atoms with Gasteiger partial charge < -0.3 is 15.2 Å². The molecule has 0 spiro atoms. The van der Waals surface area contributed by atoms with Gasteiger partial charge in [-0.15, -0.1) is 0 Å². The van der Waals surface area contributed by atoms with Crippen LogP contribution in [0.25, 0.3) is 0 Å². The van der Waals surface area contributed by atoms with Gasteiger partial charge in [-0.1, -0.05) is 25.3 Å². The molecule has 1 fully saturated rings. The number of hydrogen-bond donors (Lipinski definition) is 2. The topological polar surface area (TPSA) is 75.6 Å². The summed E-state index contributed by atoms with van der Waals surface area (Å²) in [6, 6.07) is 4.34. The number of fused-ring (bicyclic) bond motifs is 1. The van der Waals surface area contributed by atoms with Crippen molar-refractivity contribution in [3.8, 4) is 5.75 Å². The fourth-order valence-electron chi connectivity index (χ4n) is 3.02. The summed E-state index contributed by atoms with van der Waals surface area (Å²) < 4.78 is 5.42. The molecule has 1 aromatic carbocycles. The van der Waals surface area contributed by atoms with E-state index in [-0.39, 0.29) is 5.91 Å². The molecule has 1 atom stereocenters. The largest absolute Gasteiger partial charge is 0.493 e. The van der Waals surface area contributed by atoms with Crippen LogP contribution in [-0.4, -0.2) is 23.6 Å². The highest BCUT2D eigenvalue weighted by Gasteiger charge is 2.25. The summed E-state index contributed by atoms with van der Waals surface area (Å²) in [4.78, 5) is 23.5. The molecule has 5 nitrogen and oxygen atoms in total. The Bertz CT molecular complexity index is 580. The van der Waals surface area contributed by atoms with E-state index in [0.717, 1.165) is 24.2 Å². The van der Waals surface area contributed by atoms with E-state index in [4.69, 9.17) is 4.74 Å². The van der Waals surface area contributed by atoms with Crippen LogP contribution in [0.4, 0.5) is 0 Å². The van der Waals surface area contributed by atoms with Crippen molar-refractivity contribution in [2.75, 3.05) is 6.61 Å².